The van der Waals surface area contributed by atoms with E-state index in [4.69, 9.17) is 4.74 Å². The molecule has 1 N–H and O–H groups in total. The molecule has 1 aromatic rings. The van der Waals surface area contributed by atoms with Gasteiger partial charge in [-0.1, -0.05) is 26.3 Å². The molecule has 3 heteroatoms. The number of nitrogens with one attached hydrogen (secondary N) is 1. The van der Waals surface area contributed by atoms with Crippen molar-refractivity contribution in [3.8, 4) is 5.75 Å². The van der Waals surface area contributed by atoms with Crippen LogP contribution in [-0.2, 0) is 6.54 Å². The predicted octanol–water partition coefficient (Wildman–Crippen LogP) is 3.98. The Labute approximate surface area is 113 Å². The summed E-state index contributed by atoms with van der Waals surface area (Å²) in [6, 6.07) is 6.24. The fourth-order valence-corrected chi connectivity index (χ4v) is 2.32. The van der Waals surface area contributed by atoms with E-state index in [0.29, 0.717) is 5.92 Å². The summed E-state index contributed by atoms with van der Waals surface area (Å²) in [6.45, 7) is 6.11. The molecular formula is C14H22BrNO. The van der Waals surface area contributed by atoms with E-state index in [9.17, 15) is 0 Å². The summed E-state index contributed by atoms with van der Waals surface area (Å²) in [6.07, 6.45) is 2.43. The molecule has 0 aliphatic rings. The van der Waals surface area contributed by atoms with Crippen molar-refractivity contribution >= 4 is 15.9 Å². The molecule has 1 aromatic carbocycles. The molecule has 0 bridgehead atoms. The van der Waals surface area contributed by atoms with Crippen LogP contribution in [0.2, 0.25) is 0 Å². The number of ether oxygens (including phenoxy) is 1. The zero-order valence-corrected chi connectivity index (χ0v) is 12.5. The molecule has 1 atom stereocenters. The third-order valence-electron chi connectivity index (χ3n) is 2.68. The maximum absolute atomic E-state index is 5.82. The van der Waals surface area contributed by atoms with E-state index in [1.165, 1.54) is 18.4 Å². The van der Waals surface area contributed by atoms with Crippen LogP contribution in [0.25, 0.3) is 0 Å². The summed E-state index contributed by atoms with van der Waals surface area (Å²) in [5.74, 6) is 1.55. The normalized spacial score (nSPS) is 12.5. The monoisotopic (exact) mass is 299 g/mol. The van der Waals surface area contributed by atoms with Gasteiger partial charge < -0.3 is 10.1 Å². The minimum absolute atomic E-state index is 0.615. The van der Waals surface area contributed by atoms with Crippen molar-refractivity contribution in [3.05, 3.63) is 28.2 Å². The van der Waals surface area contributed by atoms with Crippen LogP contribution in [0.1, 0.15) is 32.3 Å². The zero-order chi connectivity index (χ0) is 12.7. The van der Waals surface area contributed by atoms with Crippen LogP contribution in [0.4, 0.5) is 0 Å². The van der Waals surface area contributed by atoms with Gasteiger partial charge in [-0.05, 0) is 53.0 Å². The second kappa shape index (κ2) is 7.72. The molecule has 0 amide bonds. The molecular weight excluding hydrogens is 278 g/mol. The second-order valence-corrected chi connectivity index (χ2v) is 5.35. The average molecular weight is 300 g/mol. The molecule has 0 radical (unpaired) electrons. The maximum Gasteiger partial charge on any atom is 0.133 e. The molecule has 17 heavy (non-hydrogen) atoms. The minimum atomic E-state index is 0.615. The van der Waals surface area contributed by atoms with Crippen molar-refractivity contribution in [1.29, 1.82) is 0 Å². The van der Waals surface area contributed by atoms with Crippen LogP contribution < -0.4 is 10.1 Å². The first-order chi connectivity index (χ1) is 8.17. The Kier molecular flexibility index (Phi) is 6.60. The number of hydrogen-bond acceptors (Lipinski definition) is 2. The summed E-state index contributed by atoms with van der Waals surface area (Å²) in [5, 5.41) is 3.14. The smallest absolute Gasteiger partial charge is 0.133 e. The van der Waals surface area contributed by atoms with Gasteiger partial charge in [-0.2, -0.15) is 0 Å². The van der Waals surface area contributed by atoms with E-state index in [2.05, 4.69) is 47.2 Å². The van der Waals surface area contributed by atoms with Crippen LogP contribution in [0.5, 0.6) is 5.75 Å². The molecule has 0 fully saturated rings. The van der Waals surface area contributed by atoms with Crippen molar-refractivity contribution in [2.24, 2.45) is 5.92 Å². The van der Waals surface area contributed by atoms with Crippen LogP contribution in [0, 0.1) is 5.92 Å². The van der Waals surface area contributed by atoms with Crippen LogP contribution >= 0.6 is 15.9 Å². The lowest BCUT2D eigenvalue weighted by Crippen LogP contribution is -2.09. The van der Waals surface area contributed by atoms with Crippen molar-refractivity contribution < 1.29 is 4.74 Å². The number of rotatable bonds is 7. The summed E-state index contributed by atoms with van der Waals surface area (Å²) in [5.41, 5.74) is 1.26. The lowest BCUT2D eigenvalue weighted by molar-refractivity contribution is 0.250. The van der Waals surface area contributed by atoms with Crippen molar-refractivity contribution in [3.63, 3.8) is 0 Å². The Bertz CT molecular complexity index is 341. The zero-order valence-electron chi connectivity index (χ0n) is 10.9. The summed E-state index contributed by atoms with van der Waals surface area (Å²) in [7, 11) is 1.95. The van der Waals surface area contributed by atoms with Gasteiger partial charge >= 0.3 is 0 Å². The molecule has 0 saturated carbocycles. The molecule has 0 aromatic heterocycles. The van der Waals surface area contributed by atoms with Gasteiger partial charge in [0.1, 0.15) is 5.75 Å². The van der Waals surface area contributed by atoms with E-state index < -0.39 is 0 Å². The van der Waals surface area contributed by atoms with Gasteiger partial charge in [0.15, 0.2) is 0 Å². The molecule has 1 unspecified atom stereocenters. The number of hydrogen-bond donors (Lipinski definition) is 1. The fraction of sp³-hybridized carbons (Fsp3) is 0.571. The largest absolute Gasteiger partial charge is 0.492 e. The van der Waals surface area contributed by atoms with Crippen molar-refractivity contribution in [2.75, 3.05) is 13.7 Å². The summed E-state index contributed by atoms with van der Waals surface area (Å²) < 4.78 is 6.85. The van der Waals surface area contributed by atoms with Crippen LogP contribution in [0.15, 0.2) is 22.7 Å². The lowest BCUT2D eigenvalue weighted by atomic mass is 10.1. The van der Waals surface area contributed by atoms with E-state index >= 15 is 0 Å². The third kappa shape index (κ3) is 5.09. The highest BCUT2D eigenvalue weighted by atomic mass is 79.9. The molecule has 0 heterocycles. The van der Waals surface area contributed by atoms with Gasteiger partial charge in [-0.3, -0.25) is 0 Å². The molecule has 0 aliphatic heterocycles. The Morgan fingerprint density at radius 1 is 1.41 bits per heavy atom. The SMILES string of the molecule is CCCC(C)COc1ccc(CNC)cc1Br. The second-order valence-electron chi connectivity index (χ2n) is 4.50. The molecule has 0 aliphatic carbocycles. The molecule has 1 rings (SSSR count). The standard InChI is InChI=1S/C14H22BrNO/c1-4-5-11(2)10-17-14-7-6-12(9-16-3)8-13(14)15/h6-8,11,16H,4-5,9-10H2,1-3H3. The van der Waals surface area contributed by atoms with Gasteiger partial charge in [0.25, 0.3) is 0 Å². The first kappa shape index (κ1) is 14.5. The topological polar surface area (TPSA) is 21.3 Å². The van der Waals surface area contributed by atoms with E-state index in [1.807, 2.05) is 13.1 Å². The fourth-order valence-electron chi connectivity index (χ4n) is 1.78. The highest BCUT2D eigenvalue weighted by molar-refractivity contribution is 9.10. The Morgan fingerprint density at radius 3 is 2.76 bits per heavy atom. The number of benzene rings is 1. The van der Waals surface area contributed by atoms with Crippen molar-refractivity contribution in [1.82, 2.24) is 5.32 Å². The van der Waals surface area contributed by atoms with Crippen LogP contribution in [0.3, 0.4) is 0 Å². The Hall–Kier alpha value is -0.540. The van der Waals surface area contributed by atoms with Crippen molar-refractivity contribution in [2.45, 2.75) is 33.2 Å². The van der Waals surface area contributed by atoms with Gasteiger partial charge in [-0.15, -0.1) is 0 Å². The van der Waals surface area contributed by atoms with E-state index in [-0.39, 0.29) is 0 Å². The van der Waals surface area contributed by atoms with E-state index in [0.717, 1.165) is 23.4 Å². The molecule has 0 saturated heterocycles. The highest BCUT2D eigenvalue weighted by Gasteiger charge is 2.05. The molecule has 96 valence electrons. The Morgan fingerprint density at radius 2 is 2.18 bits per heavy atom. The quantitative estimate of drug-likeness (QED) is 0.822. The van der Waals surface area contributed by atoms with Crippen LogP contribution in [-0.4, -0.2) is 13.7 Å². The highest BCUT2D eigenvalue weighted by Crippen LogP contribution is 2.26. The molecule has 2 nitrogen and oxygen atoms in total. The average Bonchev–Trinajstić information content (AvgIpc) is 2.29. The summed E-state index contributed by atoms with van der Waals surface area (Å²) >= 11 is 3.55. The van der Waals surface area contributed by atoms with E-state index in [1.54, 1.807) is 0 Å². The third-order valence-corrected chi connectivity index (χ3v) is 3.30. The first-order valence-corrected chi connectivity index (χ1v) is 7.02. The predicted molar refractivity (Wildman–Crippen MR) is 76.5 cm³/mol. The number of halogens is 1. The maximum atomic E-state index is 5.82. The Balaban J connectivity index is 2.54. The van der Waals surface area contributed by atoms with Gasteiger partial charge in [0, 0.05) is 6.54 Å². The minimum Gasteiger partial charge on any atom is -0.492 e. The summed E-state index contributed by atoms with van der Waals surface area (Å²) in [4.78, 5) is 0. The lowest BCUT2D eigenvalue weighted by Gasteiger charge is -2.14. The molecule has 0 spiro atoms. The van der Waals surface area contributed by atoms with Gasteiger partial charge in [-0.25, -0.2) is 0 Å². The van der Waals surface area contributed by atoms with Gasteiger partial charge in [0.2, 0.25) is 0 Å². The first-order valence-electron chi connectivity index (χ1n) is 6.23. The van der Waals surface area contributed by atoms with Gasteiger partial charge in [0.05, 0.1) is 11.1 Å².